The lowest BCUT2D eigenvalue weighted by Crippen LogP contribution is -2.27. The van der Waals surface area contributed by atoms with Crippen LogP contribution in [0.15, 0.2) is 18.2 Å². The predicted molar refractivity (Wildman–Crippen MR) is 109 cm³/mol. The lowest BCUT2D eigenvalue weighted by molar-refractivity contribution is -0.00722. The van der Waals surface area contributed by atoms with Crippen molar-refractivity contribution in [2.45, 2.75) is 13.8 Å². The molecule has 0 spiro atoms. The molecular formula is C20H36N2O5. The summed E-state index contributed by atoms with van der Waals surface area (Å²) in [5.74, 6) is 0. The summed E-state index contributed by atoms with van der Waals surface area (Å²) in [7, 11) is 1.65. The van der Waals surface area contributed by atoms with Crippen LogP contribution in [0.1, 0.15) is 12.5 Å². The lowest BCUT2D eigenvalue weighted by Gasteiger charge is -2.23. The molecule has 0 fully saturated rings. The van der Waals surface area contributed by atoms with Gasteiger partial charge >= 0.3 is 0 Å². The Morgan fingerprint density at radius 3 is 1.81 bits per heavy atom. The molecule has 1 rings (SSSR count). The van der Waals surface area contributed by atoms with Crippen molar-refractivity contribution >= 4 is 11.4 Å². The Morgan fingerprint density at radius 1 is 0.815 bits per heavy atom. The zero-order valence-corrected chi connectivity index (χ0v) is 17.1. The Hall–Kier alpha value is -1.38. The van der Waals surface area contributed by atoms with Crippen LogP contribution in [0.5, 0.6) is 0 Å². The highest BCUT2D eigenvalue weighted by Gasteiger charge is 2.05. The van der Waals surface area contributed by atoms with Crippen LogP contribution in [-0.2, 0) is 23.7 Å². The van der Waals surface area contributed by atoms with Crippen LogP contribution in [-0.4, -0.2) is 79.7 Å². The quantitative estimate of drug-likeness (QED) is 0.326. The summed E-state index contributed by atoms with van der Waals surface area (Å²) in [6.07, 6.45) is 0. The van der Waals surface area contributed by atoms with Crippen molar-refractivity contribution in [1.82, 2.24) is 0 Å². The van der Waals surface area contributed by atoms with Crippen molar-refractivity contribution in [2.75, 3.05) is 90.3 Å². The maximum Gasteiger partial charge on any atom is 0.0701 e. The molecule has 0 aliphatic rings. The molecule has 0 atom stereocenters. The van der Waals surface area contributed by atoms with Crippen LogP contribution in [0.3, 0.4) is 0 Å². The van der Waals surface area contributed by atoms with Gasteiger partial charge in [-0.3, -0.25) is 0 Å². The van der Waals surface area contributed by atoms with E-state index in [1.165, 1.54) is 5.69 Å². The maximum atomic E-state index is 5.88. The van der Waals surface area contributed by atoms with Gasteiger partial charge in [0.15, 0.2) is 0 Å². The van der Waals surface area contributed by atoms with Crippen LogP contribution in [0.2, 0.25) is 0 Å². The average Bonchev–Trinajstić information content (AvgIpc) is 2.67. The Morgan fingerprint density at radius 2 is 1.33 bits per heavy atom. The van der Waals surface area contributed by atoms with Crippen molar-refractivity contribution in [3.8, 4) is 0 Å². The molecule has 1 aromatic carbocycles. The van der Waals surface area contributed by atoms with E-state index in [9.17, 15) is 0 Å². The molecule has 7 nitrogen and oxygen atoms in total. The Bertz CT molecular complexity index is 487. The van der Waals surface area contributed by atoms with Crippen LogP contribution < -0.4 is 10.6 Å². The molecule has 0 saturated carbocycles. The number of likely N-dealkylation sites (N-methyl/N-ethyl adjacent to an activating group) is 1. The first-order valence-electron chi connectivity index (χ1n) is 9.60. The largest absolute Gasteiger partial charge is 0.399 e. The number of hydrogen-bond donors (Lipinski definition) is 1. The number of nitrogens with zero attached hydrogens (tertiary/aromatic N) is 1. The van der Waals surface area contributed by atoms with E-state index < -0.39 is 0 Å². The van der Waals surface area contributed by atoms with Crippen LogP contribution in [0.25, 0.3) is 0 Å². The first kappa shape index (κ1) is 23.7. The minimum Gasteiger partial charge on any atom is -0.399 e. The molecule has 7 heteroatoms. The molecule has 0 aromatic heterocycles. The van der Waals surface area contributed by atoms with Gasteiger partial charge in [-0.15, -0.1) is 0 Å². The zero-order chi connectivity index (χ0) is 19.7. The van der Waals surface area contributed by atoms with Gasteiger partial charge in [-0.1, -0.05) is 0 Å². The molecule has 156 valence electrons. The first-order chi connectivity index (χ1) is 13.2. The highest BCUT2D eigenvalue weighted by molar-refractivity contribution is 5.57. The van der Waals surface area contributed by atoms with Gasteiger partial charge < -0.3 is 34.3 Å². The molecule has 0 aliphatic carbocycles. The summed E-state index contributed by atoms with van der Waals surface area (Å²) >= 11 is 0. The van der Waals surface area contributed by atoms with E-state index in [4.69, 9.17) is 29.4 Å². The Kier molecular flexibility index (Phi) is 13.7. The van der Waals surface area contributed by atoms with Crippen molar-refractivity contribution in [2.24, 2.45) is 0 Å². The fourth-order valence-electron chi connectivity index (χ4n) is 2.41. The van der Waals surface area contributed by atoms with Gasteiger partial charge in [0.2, 0.25) is 0 Å². The van der Waals surface area contributed by atoms with Gasteiger partial charge in [-0.25, -0.2) is 0 Å². The lowest BCUT2D eigenvalue weighted by atomic mass is 10.1. The predicted octanol–water partition coefficient (Wildman–Crippen LogP) is 2.12. The van der Waals surface area contributed by atoms with Gasteiger partial charge in [0.05, 0.1) is 59.5 Å². The second kappa shape index (κ2) is 15.7. The third-order valence-electron chi connectivity index (χ3n) is 4.05. The highest BCUT2D eigenvalue weighted by atomic mass is 16.6. The monoisotopic (exact) mass is 384 g/mol. The number of methoxy groups -OCH3 is 1. The summed E-state index contributed by atoms with van der Waals surface area (Å²) in [4.78, 5) is 2.27. The molecule has 0 unspecified atom stereocenters. The van der Waals surface area contributed by atoms with E-state index in [2.05, 4.69) is 24.0 Å². The van der Waals surface area contributed by atoms with E-state index >= 15 is 0 Å². The normalized spacial score (nSPS) is 11.1. The standard InChI is InChI=1S/C20H36N2O5/c1-4-22(19-5-6-20(21)18(2)17-19)7-8-24-11-12-26-15-16-27-14-13-25-10-9-23-3/h5-6,17H,4,7-16,21H2,1-3H3. The number of anilines is 2. The first-order valence-corrected chi connectivity index (χ1v) is 9.60. The Balaban J connectivity index is 1.96. The molecule has 0 aliphatic heterocycles. The molecule has 1 aromatic rings. The molecular weight excluding hydrogens is 348 g/mol. The SMILES string of the molecule is CCN(CCOCCOCCOCCOCCOC)c1ccc(N)c(C)c1. The second-order valence-electron chi connectivity index (χ2n) is 6.06. The van der Waals surface area contributed by atoms with Crippen molar-refractivity contribution < 1.29 is 23.7 Å². The summed E-state index contributed by atoms with van der Waals surface area (Å²) in [6.45, 7) is 11.2. The summed E-state index contributed by atoms with van der Waals surface area (Å²) in [6, 6.07) is 6.12. The smallest absolute Gasteiger partial charge is 0.0701 e. The number of nitrogens with two attached hydrogens (primary N) is 1. The van der Waals surface area contributed by atoms with E-state index in [-0.39, 0.29) is 0 Å². The van der Waals surface area contributed by atoms with Gasteiger partial charge in [-0.2, -0.15) is 0 Å². The average molecular weight is 385 g/mol. The number of rotatable bonds is 17. The fourth-order valence-corrected chi connectivity index (χ4v) is 2.41. The number of benzene rings is 1. The minimum atomic E-state index is 0.563. The van der Waals surface area contributed by atoms with Crippen molar-refractivity contribution in [3.05, 3.63) is 23.8 Å². The van der Waals surface area contributed by atoms with Gasteiger partial charge in [0, 0.05) is 31.6 Å². The Labute approximate surface area is 163 Å². The van der Waals surface area contributed by atoms with Crippen LogP contribution >= 0.6 is 0 Å². The third kappa shape index (κ3) is 11.1. The van der Waals surface area contributed by atoms with Crippen molar-refractivity contribution in [3.63, 3.8) is 0 Å². The summed E-state index contributed by atoms with van der Waals surface area (Å²) in [5.41, 5.74) is 8.98. The summed E-state index contributed by atoms with van der Waals surface area (Å²) < 4.78 is 26.7. The number of ether oxygens (including phenoxy) is 5. The molecule has 0 saturated heterocycles. The van der Waals surface area contributed by atoms with Crippen molar-refractivity contribution in [1.29, 1.82) is 0 Å². The maximum absolute atomic E-state index is 5.88. The van der Waals surface area contributed by atoms with E-state index in [1.54, 1.807) is 7.11 Å². The van der Waals surface area contributed by atoms with Gasteiger partial charge in [0.25, 0.3) is 0 Å². The molecule has 2 N–H and O–H groups in total. The molecule has 0 heterocycles. The summed E-state index contributed by atoms with van der Waals surface area (Å²) in [5, 5.41) is 0. The molecule has 0 amide bonds. The third-order valence-corrected chi connectivity index (χ3v) is 4.05. The number of nitrogen functional groups attached to an aromatic ring is 1. The van der Waals surface area contributed by atoms with E-state index in [0.717, 1.165) is 24.3 Å². The highest BCUT2D eigenvalue weighted by Crippen LogP contribution is 2.20. The second-order valence-corrected chi connectivity index (χ2v) is 6.06. The topological polar surface area (TPSA) is 75.4 Å². The molecule has 0 bridgehead atoms. The van der Waals surface area contributed by atoms with E-state index in [1.807, 2.05) is 13.0 Å². The van der Waals surface area contributed by atoms with Gasteiger partial charge in [-0.05, 0) is 37.6 Å². The molecule has 27 heavy (non-hydrogen) atoms. The molecule has 0 radical (unpaired) electrons. The van der Waals surface area contributed by atoms with E-state index in [0.29, 0.717) is 59.5 Å². The number of hydrogen-bond acceptors (Lipinski definition) is 7. The van der Waals surface area contributed by atoms with Crippen LogP contribution in [0.4, 0.5) is 11.4 Å². The number of aryl methyl sites for hydroxylation is 1. The minimum absolute atomic E-state index is 0.563. The zero-order valence-electron chi connectivity index (χ0n) is 17.1. The van der Waals surface area contributed by atoms with Crippen LogP contribution in [0, 0.1) is 6.92 Å². The van der Waals surface area contributed by atoms with Gasteiger partial charge in [0.1, 0.15) is 0 Å². The fraction of sp³-hybridized carbons (Fsp3) is 0.700.